The van der Waals surface area contributed by atoms with Crippen LogP contribution in [0, 0.1) is 0 Å². The van der Waals surface area contributed by atoms with Gasteiger partial charge in [-0.2, -0.15) is 0 Å². The summed E-state index contributed by atoms with van der Waals surface area (Å²) in [6, 6.07) is 4.07. The number of hydrogen-bond acceptors (Lipinski definition) is 3. The molecule has 0 aromatic carbocycles. The van der Waals surface area contributed by atoms with Crippen LogP contribution in [0.25, 0.3) is 0 Å². The maximum absolute atomic E-state index is 5.42. The van der Waals surface area contributed by atoms with E-state index in [1.165, 1.54) is 5.56 Å². The van der Waals surface area contributed by atoms with Gasteiger partial charge in [-0.1, -0.05) is 6.07 Å². The summed E-state index contributed by atoms with van der Waals surface area (Å²) in [7, 11) is 0. The number of hydroxylamine groups is 1. The molecule has 0 fully saturated rings. The molecule has 0 saturated heterocycles. The zero-order chi connectivity index (χ0) is 8.39. The van der Waals surface area contributed by atoms with E-state index in [0.717, 1.165) is 25.4 Å². The van der Waals surface area contributed by atoms with Crippen LogP contribution in [0.3, 0.4) is 0 Å². The highest BCUT2D eigenvalue weighted by molar-refractivity contribution is 5.45. The van der Waals surface area contributed by atoms with Gasteiger partial charge in [-0.25, -0.2) is 10.0 Å². The van der Waals surface area contributed by atoms with Gasteiger partial charge < -0.3 is 0 Å². The van der Waals surface area contributed by atoms with Gasteiger partial charge in [0, 0.05) is 19.2 Å². The van der Waals surface area contributed by atoms with Crippen molar-refractivity contribution in [1.82, 2.24) is 4.98 Å². The van der Waals surface area contributed by atoms with Crippen LogP contribution < -0.4 is 5.06 Å². The van der Waals surface area contributed by atoms with Crippen LogP contribution in [0.15, 0.2) is 18.3 Å². The lowest BCUT2D eigenvalue weighted by Crippen LogP contribution is -2.30. The van der Waals surface area contributed by atoms with Gasteiger partial charge in [0.1, 0.15) is 0 Å². The highest BCUT2D eigenvalue weighted by atomic mass is 16.7. The molecule has 0 N–H and O–H groups in total. The van der Waals surface area contributed by atoms with Crippen LogP contribution in [0.4, 0.5) is 5.82 Å². The molecule has 64 valence electrons. The third-order valence-corrected chi connectivity index (χ3v) is 2.01. The molecule has 0 amide bonds. The Hall–Kier alpha value is -1.09. The van der Waals surface area contributed by atoms with Gasteiger partial charge in [-0.05, 0) is 18.6 Å². The Morgan fingerprint density at radius 3 is 3.42 bits per heavy atom. The molecule has 2 heterocycles. The predicted octanol–water partition coefficient (Wildman–Crippen LogP) is 1.40. The van der Waals surface area contributed by atoms with Crippen molar-refractivity contribution in [1.29, 1.82) is 0 Å². The molecule has 0 aliphatic carbocycles. The molecule has 0 radical (unpaired) electrons. The van der Waals surface area contributed by atoms with Crippen molar-refractivity contribution in [3.8, 4) is 0 Å². The van der Waals surface area contributed by atoms with E-state index in [0.29, 0.717) is 0 Å². The third-order valence-electron chi connectivity index (χ3n) is 2.01. The van der Waals surface area contributed by atoms with Crippen LogP contribution in [-0.2, 0) is 11.3 Å². The molecule has 0 atom stereocenters. The van der Waals surface area contributed by atoms with E-state index in [2.05, 4.69) is 18.0 Å². The minimum absolute atomic E-state index is 0.770. The largest absolute Gasteiger partial charge is 0.272 e. The molecule has 0 unspecified atom stereocenters. The van der Waals surface area contributed by atoms with Crippen LogP contribution in [0.2, 0.25) is 0 Å². The van der Waals surface area contributed by atoms with Crippen molar-refractivity contribution in [3.05, 3.63) is 23.9 Å². The van der Waals surface area contributed by atoms with Gasteiger partial charge in [-0.3, -0.25) is 4.84 Å². The van der Waals surface area contributed by atoms with Crippen molar-refractivity contribution in [2.45, 2.75) is 13.3 Å². The molecule has 1 aromatic rings. The first-order valence-electron chi connectivity index (χ1n) is 4.26. The maximum atomic E-state index is 5.42. The zero-order valence-corrected chi connectivity index (χ0v) is 7.16. The van der Waals surface area contributed by atoms with Gasteiger partial charge in [0.05, 0.1) is 6.61 Å². The van der Waals surface area contributed by atoms with E-state index in [1.807, 2.05) is 11.1 Å². The number of hydrogen-bond donors (Lipinski definition) is 0. The summed E-state index contributed by atoms with van der Waals surface area (Å²) in [6.07, 6.45) is 2.77. The van der Waals surface area contributed by atoms with Gasteiger partial charge in [0.2, 0.25) is 0 Å². The Kier molecular flexibility index (Phi) is 1.96. The fourth-order valence-corrected chi connectivity index (χ4v) is 1.42. The van der Waals surface area contributed by atoms with Crippen molar-refractivity contribution in [3.63, 3.8) is 0 Å². The van der Waals surface area contributed by atoms with Gasteiger partial charge in [0.25, 0.3) is 0 Å². The first kappa shape index (κ1) is 7.55. The fraction of sp³-hybridized carbons (Fsp3) is 0.444. The van der Waals surface area contributed by atoms with Crippen LogP contribution in [-0.4, -0.2) is 18.1 Å². The summed E-state index contributed by atoms with van der Waals surface area (Å²) < 4.78 is 0. The average Bonchev–Trinajstić information content (AvgIpc) is 2.17. The summed E-state index contributed by atoms with van der Waals surface area (Å²) in [6.45, 7) is 3.68. The van der Waals surface area contributed by atoms with Crippen LogP contribution in [0.5, 0.6) is 0 Å². The Balaban J connectivity index is 2.37. The van der Waals surface area contributed by atoms with Crippen LogP contribution >= 0.6 is 0 Å². The third kappa shape index (κ3) is 1.16. The SMILES string of the molecule is CCN1OCCc2cccnc21. The second-order valence-corrected chi connectivity index (χ2v) is 2.76. The van der Waals surface area contributed by atoms with E-state index in [1.54, 1.807) is 6.20 Å². The second-order valence-electron chi connectivity index (χ2n) is 2.76. The first-order valence-corrected chi connectivity index (χ1v) is 4.26. The molecule has 0 spiro atoms. The number of nitrogens with zero attached hydrogens (tertiary/aromatic N) is 2. The Bertz CT molecular complexity index is 275. The highest BCUT2D eigenvalue weighted by Gasteiger charge is 2.16. The molecule has 0 bridgehead atoms. The monoisotopic (exact) mass is 164 g/mol. The molecule has 1 aliphatic heterocycles. The number of aromatic nitrogens is 1. The topological polar surface area (TPSA) is 25.4 Å². The number of pyridine rings is 1. The minimum atomic E-state index is 0.770. The highest BCUT2D eigenvalue weighted by Crippen LogP contribution is 2.21. The maximum Gasteiger partial charge on any atom is 0.155 e. The van der Waals surface area contributed by atoms with E-state index in [-0.39, 0.29) is 0 Å². The Morgan fingerprint density at radius 1 is 1.67 bits per heavy atom. The molecule has 3 heteroatoms. The zero-order valence-electron chi connectivity index (χ0n) is 7.16. The molecule has 12 heavy (non-hydrogen) atoms. The minimum Gasteiger partial charge on any atom is -0.272 e. The summed E-state index contributed by atoms with van der Waals surface area (Å²) in [4.78, 5) is 9.70. The molecular weight excluding hydrogens is 152 g/mol. The van der Waals surface area contributed by atoms with Crippen molar-refractivity contribution in [2.75, 3.05) is 18.2 Å². The van der Waals surface area contributed by atoms with Gasteiger partial charge in [-0.15, -0.1) is 0 Å². The number of rotatable bonds is 1. The lowest BCUT2D eigenvalue weighted by Gasteiger charge is -2.27. The molecule has 3 nitrogen and oxygen atoms in total. The number of fused-ring (bicyclic) bond motifs is 1. The first-order chi connectivity index (χ1) is 5.92. The summed E-state index contributed by atoms with van der Waals surface area (Å²) in [5, 5.41) is 1.85. The molecule has 0 saturated carbocycles. The Morgan fingerprint density at radius 2 is 2.58 bits per heavy atom. The average molecular weight is 164 g/mol. The van der Waals surface area contributed by atoms with Crippen molar-refractivity contribution >= 4 is 5.82 Å². The predicted molar refractivity (Wildman–Crippen MR) is 46.9 cm³/mol. The normalized spacial score (nSPS) is 15.9. The van der Waals surface area contributed by atoms with E-state index < -0.39 is 0 Å². The molecule has 2 rings (SSSR count). The summed E-state index contributed by atoms with van der Waals surface area (Å²) >= 11 is 0. The lowest BCUT2D eigenvalue weighted by atomic mass is 10.2. The second kappa shape index (κ2) is 3.11. The van der Waals surface area contributed by atoms with E-state index in [9.17, 15) is 0 Å². The standard InChI is InChI=1S/C9H12N2O/c1-2-11-9-8(5-7-12-11)4-3-6-10-9/h3-4,6H,2,5,7H2,1H3. The fourth-order valence-electron chi connectivity index (χ4n) is 1.42. The van der Waals surface area contributed by atoms with Gasteiger partial charge >= 0.3 is 0 Å². The smallest absolute Gasteiger partial charge is 0.155 e. The van der Waals surface area contributed by atoms with Crippen molar-refractivity contribution < 1.29 is 4.84 Å². The number of anilines is 1. The molecular formula is C9H12N2O. The van der Waals surface area contributed by atoms with E-state index in [4.69, 9.17) is 4.84 Å². The summed E-state index contributed by atoms with van der Waals surface area (Å²) in [5.74, 6) is 0.978. The van der Waals surface area contributed by atoms with Crippen molar-refractivity contribution in [2.24, 2.45) is 0 Å². The van der Waals surface area contributed by atoms with Gasteiger partial charge in [0.15, 0.2) is 5.82 Å². The molecule has 1 aliphatic rings. The lowest BCUT2D eigenvalue weighted by molar-refractivity contribution is 0.100. The summed E-state index contributed by atoms with van der Waals surface area (Å²) in [5.41, 5.74) is 1.28. The van der Waals surface area contributed by atoms with Crippen LogP contribution in [0.1, 0.15) is 12.5 Å². The Labute approximate surface area is 71.9 Å². The quantitative estimate of drug-likeness (QED) is 0.627. The van der Waals surface area contributed by atoms with E-state index >= 15 is 0 Å². The molecule has 1 aromatic heterocycles.